The van der Waals surface area contributed by atoms with Crippen molar-refractivity contribution >= 4 is 5.91 Å². The smallest absolute Gasteiger partial charge is 0.350 e. The molecule has 1 amide bonds. The van der Waals surface area contributed by atoms with Crippen molar-refractivity contribution in [2.75, 3.05) is 13.1 Å². The minimum Gasteiger partial charge on any atom is -0.350 e. The van der Waals surface area contributed by atoms with E-state index in [-0.39, 0.29) is 18.9 Å². The van der Waals surface area contributed by atoms with Gasteiger partial charge in [-0.15, -0.1) is 0 Å². The number of rotatable bonds is 3. The summed E-state index contributed by atoms with van der Waals surface area (Å²) >= 11 is 0. The zero-order valence-electron chi connectivity index (χ0n) is 9.97. The quantitative estimate of drug-likeness (QED) is 0.824. The van der Waals surface area contributed by atoms with Gasteiger partial charge in [-0.2, -0.15) is 13.2 Å². The number of likely N-dealkylation sites (tertiary alicyclic amines) is 1. The van der Waals surface area contributed by atoms with E-state index in [1.54, 1.807) is 0 Å². The van der Waals surface area contributed by atoms with Gasteiger partial charge in [0.25, 0.3) is 0 Å². The van der Waals surface area contributed by atoms with Crippen molar-refractivity contribution in [2.24, 2.45) is 5.41 Å². The van der Waals surface area contributed by atoms with E-state index >= 15 is 0 Å². The van der Waals surface area contributed by atoms with Crippen LogP contribution in [0.25, 0.3) is 0 Å². The van der Waals surface area contributed by atoms with Crippen molar-refractivity contribution in [3.8, 4) is 0 Å². The van der Waals surface area contributed by atoms with Crippen LogP contribution in [-0.4, -0.2) is 42.2 Å². The second-order valence-corrected chi connectivity index (χ2v) is 5.30. The van der Waals surface area contributed by atoms with Crippen LogP contribution in [0.3, 0.4) is 0 Å². The lowest BCUT2D eigenvalue weighted by Gasteiger charge is -2.42. The van der Waals surface area contributed by atoms with Crippen LogP contribution in [0.5, 0.6) is 0 Å². The van der Waals surface area contributed by atoms with Crippen LogP contribution < -0.4 is 5.32 Å². The van der Waals surface area contributed by atoms with Crippen LogP contribution in [0, 0.1) is 5.41 Å². The van der Waals surface area contributed by atoms with Crippen LogP contribution in [0.1, 0.15) is 26.7 Å². The molecule has 0 aromatic carbocycles. The predicted molar refractivity (Wildman–Crippen MR) is 56.4 cm³/mol. The molecule has 1 N–H and O–H groups in total. The summed E-state index contributed by atoms with van der Waals surface area (Å²) in [5.74, 6) is -0.835. The Balaban J connectivity index is 1.84. The van der Waals surface area contributed by atoms with Gasteiger partial charge >= 0.3 is 6.18 Å². The SMILES string of the molecule is CC(C)N1CC(NC(=O)C2(C(F)(F)F)CC2)C1. The Morgan fingerprint density at radius 3 is 2.24 bits per heavy atom. The monoisotopic (exact) mass is 250 g/mol. The maximum atomic E-state index is 12.7. The first-order valence-corrected chi connectivity index (χ1v) is 5.88. The number of nitrogens with one attached hydrogen (secondary N) is 1. The molecule has 1 heterocycles. The van der Waals surface area contributed by atoms with E-state index in [1.165, 1.54) is 0 Å². The molecule has 98 valence electrons. The van der Waals surface area contributed by atoms with Gasteiger partial charge in [0.05, 0.1) is 6.04 Å². The highest BCUT2D eigenvalue weighted by Crippen LogP contribution is 2.57. The normalized spacial score (nSPS) is 24.6. The summed E-state index contributed by atoms with van der Waals surface area (Å²) in [6.45, 7) is 5.35. The molecule has 0 aromatic rings. The van der Waals surface area contributed by atoms with Crippen molar-refractivity contribution in [3.63, 3.8) is 0 Å². The van der Waals surface area contributed by atoms with Gasteiger partial charge < -0.3 is 5.32 Å². The molecular weight excluding hydrogens is 233 g/mol. The van der Waals surface area contributed by atoms with Crippen LogP contribution in [-0.2, 0) is 4.79 Å². The van der Waals surface area contributed by atoms with Gasteiger partial charge in [-0.05, 0) is 26.7 Å². The van der Waals surface area contributed by atoms with E-state index in [4.69, 9.17) is 0 Å². The minimum atomic E-state index is -4.40. The molecule has 1 aliphatic carbocycles. The lowest BCUT2D eigenvalue weighted by molar-refractivity contribution is -0.193. The summed E-state index contributed by atoms with van der Waals surface area (Å²) in [6, 6.07) is 0.255. The lowest BCUT2D eigenvalue weighted by atomic mass is 10.0. The standard InChI is InChI=1S/C11H17F3N2O/c1-7(2)16-5-8(6-16)15-9(17)10(3-4-10)11(12,13)14/h7-8H,3-6H2,1-2H3,(H,15,17). The van der Waals surface area contributed by atoms with Crippen molar-refractivity contribution in [2.45, 2.75) is 44.9 Å². The molecule has 1 saturated carbocycles. The Bertz CT molecular complexity index is 317. The molecule has 2 fully saturated rings. The summed E-state index contributed by atoms with van der Waals surface area (Å²) in [4.78, 5) is 13.7. The van der Waals surface area contributed by atoms with Gasteiger partial charge in [-0.3, -0.25) is 9.69 Å². The van der Waals surface area contributed by atoms with Gasteiger partial charge in [0.15, 0.2) is 0 Å². The van der Waals surface area contributed by atoms with Crippen molar-refractivity contribution in [1.82, 2.24) is 10.2 Å². The second kappa shape index (κ2) is 3.86. The third kappa shape index (κ3) is 2.14. The van der Waals surface area contributed by atoms with Crippen LogP contribution in [0.2, 0.25) is 0 Å². The zero-order valence-corrected chi connectivity index (χ0v) is 9.97. The first-order chi connectivity index (χ1) is 7.76. The molecule has 3 nitrogen and oxygen atoms in total. The number of hydrogen-bond donors (Lipinski definition) is 1. The molecule has 2 rings (SSSR count). The van der Waals surface area contributed by atoms with Gasteiger partial charge in [-0.25, -0.2) is 0 Å². The van der Waals surface area contributed by atoms with E-state index in [9.17, 15) is 18.0 Å². The van der Waals surface area contributed by atoms with Crippen LogP contribution in [0.4, 0.5) is 13.2 Å². The topological polar surface area (TPSA) is 32.3 Å². The fraction of sp³-hybridized carbons (Fsp3) is 0.909. The molecule has 17 heavy (non-hydrogen) atoms. The number of halogens is 3. The zero-order chi connectivity index (χ0) is 12.8. The molecule has 0 unspecified atom stereocenters. The Labute approximate surface area is 98.3 Å². The third-order valence-electron chi connectivity index (χ3n) is 3.70. The molecule has 2 aliphatic rings. The maximum Gasteiger partial charge on any atom is 0.403 e. The minimum absolute atomic E-state index is 0.0665. The molecule has 0 bridgehead atoms. The van der Waals surface area contributed by atoms with E-state index in [0.717, 1.165) is 0 Å². The molecule has 1 saturated heterocycles. The second-order valence-electron chi connectivity index (χ2n) is 5.30. The van der Waals surface area contributed by atoms with Crippen LogP contribution in [0.15, 0.2) is 0 Å². The first-order valence-electron chi connectivity index (χ1n) is 5.88. The first kappa shape index (κ1) is 12.7. The molecule has 6 heteroatoms. The summed E-state index contributed by atoms with van der Waals surface area (Å²) < 4.78 is 38.0. The average molecular weight is 250 g/mol. The lowest BCUT2D eigenvalue weighted by Crippen LogP contribution is -2.62. The number of nitrogens with zero attached hydrogens (tertiary/aromatic N) is 1. The van der Waals surface area contributed by atoms with Gasteiger partial charge in [0.2, 0.25) is 5.91 Å². The van der Waals surface area contributed by atoms with Crippen molar-refractivity contribution in [3.05, 3.63) is 0 Å². The maximum absolute atomic E-state index is 12.7. The largest absolute Gasteiger partial charge is 0.403 e. The predicted octanol–water partition coefficient (Wildman–Crippen LogP) is 1.54. The molecule has 0 spiro atoms. The van der Waals surface area contributed by atoms with E-state index in [2.05, 4.69) is 10.2 Å². The number of carbonyl (C=O) groups excluding carboxylic acids is 1. The van der Waals surface area contributed by atoms with Gasteiger partial charge in [0.1, 0.15) is 5.41 Å². The Morgan fingerprint density at radius 1 is 1.35 bits per heavy atom. The summed E-state index contributed by atoms with van der Waals surface area (Å²) in [5, 5.41) is 2.51. The highest BCUT2D eigenvalue weighted by molar-refractivity contribution is 5.86. The number of alkyl halides is 3. The van der Waals surface area contributed by atoms with Crippen molar-refractivity contribution in [1.29, 1.82) is 0 Å². The third-order valence-corrected chi connectivity index (χ3v) is 3.70. The van der Waals surface area contributed by atoms with Crippen molar-refractivity contribution < 1.29 is 18.0 Å². The van der Waals surface area contributed by atoms with Gasteiger partial charge in [-0.1, -0.05) is 0 Å². The fourth-order valence-electron chi connectivity index (χ4n) is 2.11. The molecule has 0 radical (unpaired) electrons. The molecule has 1 aliphatic heterocycles. The Hall–Kier alpha value is -0.780. The fourth-order valence-corrected chi connectivity index (χ4v) is 2.11. The number of hydrogen-bond acceptors (Lipinski definition) is 2. The Kier molecular flexibility index (Phi) is 2.88. The Morgan fingerprint density at radius 2 is 1.88 bits per heavy atom. The summed E-state index contributed by atoms with van der Waals surface area (Å²) in [7, 11) is 0. The van der Waals surface area contributed by atoms with E-state index in [1.807, 2.05) is 13.8 Å². The molecule has 0 atom stereocenters. The number of amides is 1. The van der Waals surface area contributed by atoms with E-state index < -0.39 is 17.5 Å². The number of carbonyl (C=O) groups is 1. The highest BCUT2D eigenvalue weighted by Gasteiger charge is 2.68. The van der Waals surface area contributed by atoms with Gasteiger partial charge in [0, 0.05) is 19.1 Å². The summed E-state index contributed by atoms with van der Waals surface area (Å²) in [5.41, 5.74) is -2.08. The molecular formula is C11H17F3N2O. The highest BCUT2D eigenvalue weighted by atomic mass is 19.4. The molecule has 0 aromatic heterocycles. The van der Waals surface area contributed by atoms with Crippen LogP contribution >= 0.6 is 0 Å². The average Bonchev–Trinajstić information content (AvgIpc) is 2.87. The van der Waals surface area contributed by atoms with E-state index in [0.29, 0.717) is 19.1 Å². The summed E-state index contributed by atoms with van der Waals surface area (Å²) in [6.07, 6.45) is -4.54.